The van der Waals surface area contributed by atoms with E-state index in [1.807, 2.05) is 0 Å². The highest BCUT2D eigenvalue weighted by atomic mass is 15.2. The SMILES string of the molecule is CC(C)C1CCCN1C1CC(N)c2ccccc21. The van der Waals surface area contributed by atoms with Crippen molar-refractivity contribution >= 4 is 0 Å². The normalized spacial score (nSPS) is 32.1. The van der Waals surface area contributed by atoms with Gasteiger partial charge in [-0.1, -0.05) is 38.1 Å². The summed E-state index contributed by atoms with van der Waals surface area (Å²) in [6.07, 6.45) is 3.80. The van der Waals surface area contributed by atoms with Crippen LogP contribution in [0.5, 0.6) is 0 Å². The van der Waals surface area contributed by atoms with E-state index in [0.29, 0.717) is 6.04 Å². The summed E-state index contributed by atoms with van der Waals surface area (Å²) in [4.78, 5) is 2.72. The number of likely N-dealkylation sites (tertiary alicyclic amines) is 1. The van der Waals surface area contributed by atoms with Gasteiger partial charge in [-0.15, -0.1) is 0 Å². The first-order valence-electron chi connectivity index (χ1n) is 7.28. The second-order valence-corrected chi connectivity index (χ2v) is 6.18. The van der Waals surface area contributed by atoms with Gasteiger partial charge in [-0.25, -0.2) is 0 Å². The summed E-state index contributed by atoms with van der Waals surface area (Å²) in [5.74, 6) is 0.747. The third-order valence-corrected chi connectivity index (χ3v) is 4.74. The second-order valence-electron chi connectivity index (χ2n) is 6.18. The zero-order valence-corrected chi connectivity index (χ0v) is 11.5. The third kappa shape index (κ3) is 1.88. The Balaban J connectivity index is 1.90. The van der Waals surface area contributed by atoms with Gasteiger partial charge in [-0.3, -0.25) is 4.90 Å². The molecule has 0 radical (unpaired) electrons. The Morgan fingerprint density at radius 2 is 1.94 bits per heavy atom. The summed E-state index contributed by atoms with van der Waals surface area (Å²) >= 11 is 0. The molecule has 0 aromatic heterocycles. The molecule has 1 aromatic rings. The maximum Gasteiger partial charge on any atom is 0.0372 e. The number of fused-ring (bicyclic) bond motifs is 1. The summed E-state index contributed by atoms with van der Waals surface area (Å²) in [6.45, 7) is 5.95. The minimum Gasteiger partial charge on any atom is -0.324 e. The van der Waals surface area contributed by atoms with Crippen molar-refractivity contribution in [2.45, 2.75) is 51.2 Å². The van der Waals surface area contributed by atoms with E-state index < -0.39 is 0 Å². The van der Waals surface area contributed by atoms with E-state index in [4.69, 9.17) is 5.73 Å². The Labute approximate surface area is 110 Å². The van der Waals surface area contributed by atoms with Crippen LogP contribution in [0.4, 0.5) is 0 Å². The number of hydrogen-bond donors (Lipinski definition) is 1. The number of benzene rings is 1. The van der Waals surface area contributed by atoms with E-state index in [9.17, 15) is 0 Å². The first-order chi connectivity index (χ1) is 8.68. The van der Waals surface area contributed by atoms with Crippen LogP contribution in [0.2, 0.25) is 0 Å². The van der Waals surface area contributed by atoms with Gasteiger partial charge in [0.15, 0.2) is 0 Å². The van der Waals surface area contributed by atoms with Crippen LogP contribution >= 0.6 is 0 Å². The number of rotatable bonds is 2. The summed E-state index contributed by atoms with van der Waals surface area (Å²) in [6, 6.07) is 10.3. The van der Waals surface area contributed by atoms with Crippen molar-refractivity contribution in [2.24, 2.45) is 11.7 Å². The minimum absolute atomic E-state index is 0.236. The zero-order chi connectivity index (χ0) is 12.7. The van der Waals surface area contributed by atoms with Crippen LogP contribution in [-0.4, -0.2) is 17.5 Å². The van der Waals surface area contributed by atoms with E-state index in [1.54, 1.807) is 0 Å². The summed E-state index contributed by atoms with van der Waals surface area (Å²) < 4.78 is 0. The summed E-state index contributed by atoms with van der Waals surface area (Å²) in [7, 11) is 0. The predicted molar refractivity (Wildman–Crippen MR) is 75.3 cm³/mol. The third-order valence-electron chi connectivity index (χ3n) is 4.74. The Morgan fingerprint density at radius 3 is 2.67 bits per heavy atom. The summed E-state index contributed by atoms with van der Waals surface area (Å²) in [5, 5.41) is 0. The van der Waals surface area contributed by atoms with Gasteiger partial charge in [-0.05, 0) is 42.9 Å². The highest BCUT2D eigenvalue weighted by molar-refractivity contribution is 5.37. The largest absolute Gasteiger partial charge is 0.324 e. The van der Waals surface area contributed by atoms with E-state index in [-0.39, 0.29) is 6.04 Å². The van der Waals surface area contributed by atoms with Crippen LogP contribution in [-0.2, 0) is 0 Å². The Bertz CT molecular complexity index is 427. The van der Waals surface area contributed by atoms with Crippen molar-refractivity contribution in [3.63, 3.8) is 0 Å². The average Bonchev–Trinajstić information content (AvgIpc) is 2.95. The van der Waals surface area contributed by atoms with E-state index in [0.717, 1.165) is 18.4 Å². The molecule has 0 amide bonds. The predicted octanol–water partition coefficient (Wildman–Crippen LogP) is 3.25. The average molecular weight is 244 g/mol. The molecule has 2 N–H and O–H groups in total. The van der Waals surface area contributed by atoms with Gasteiger partial charge in [0, 0.05) is 18.1 Å². The lowest BCUT2D eigenvalue weighted by Crippen LogP contribution is -2.36. The molecule has 1 fully saturated rings. The Morgan fingerprint density at radius 1 is 1.22 bits per heavy atom. The topological polar surface area (TPSA) is 29.3 Å². The molecule has 0 bridgehead atoms. The van der Waals surface area contributed by atoms with Crippen molar-refractivity contribution in [1.29, 1.82) is 0 Å². The van der Waals surface area contributed by atoms with E-state index >= 15 is 0 Å². The van der Waals surface area contributed by atoms with Crippen LogP contribution in [0.15, 0.2) is 24.3 Å². The molecular weight excluding hydrogens is 220 g/mol. The molecule has 3 rings (SSSR count). The maximum absolute atomic E-state index is 6.30. The van der Waals surface area contributed by atoms with Gasteiger partial charge in [0.05, 0.1) is 0 Å². The van der Waals surface area contributed by atoms with Crippen LogP contribution in [0, 0.1) is 5.92 Å². The van der Waals surface area contributed by atoms with E-state index in [1.165, 1.54) is 30.5 Å². The minimum atomic E-state index is 0.236. The van der Waals surface area contributed by atoms with Gasteiger partial charge in [-0.2, -0.15) is 0 Å². The van der Waals surface area contributed by atoms with Gasteiger partial charge >= 0.3 is 0 Å². The smallest absolute Gasteiger partial charge is 0.0372 e. The van der Waals surface area contributed by atoms with Gasteiger partial charge in [0.2, 0.25) is 0 Å². The molecule has 1 saturated heterocycles. The van der Waals surface area contributed by atoms with Crippen LogP contribution in [0.3, 0.4) is 0 Å². The summed E-state index contributed by atoms with van der Waals surface area (Å²) in [5.41, 5.74) is 9.16. The lowest BCUT2D eigenvalue weighted by atomic mass is 9.99. The van der Waals surface area contributed by atoms with Gasteiger partial charge in [0.1, 0.15) is 0 Å². The molecule has 2 aliphatic rings. The quantitative estimate of drug-likeness (QED) is 0.865. The zero-order valence-electron chi connectivity index (χ0n) is 11.5. The second kappa shape index (κ2) is 4.67. The highest BCUT2D eigenvalue weighted by Crippen LogP contribution is 2.44. The lowest BCUT2D eigenvalue weighted by molar-refractivity contribution is 0.142. The molecule has 1 aliphatic carbocycles. The molecule has 3 unspecified atom stereocenters. The van der Waals surface area contributed by atoms with Crippen molar-refractivity contribution in [3.05, 3.63) is 35.4 Å². The van der Waals surface area contributed by atoms with Crippen molar-refractivity contribution in [1.82, 2.24) is 4.90 Å². The molecule has 0 spiro atoms. The van der Waals surface area contributed by atoms with Crippen LogP contribution < -0.4 is 5.73 Å². The number of hydrogen-bond acceptors (Lipinski definition) is 2. The molecule has 2 nitrogen and oxygen atoms in total. The number of nitrogens with two attached hydrogens (primary N) is 1. The highest BCUT2D eigenvalue weighted by Gasteiger charge is 2.38. The molecule has 0 saturated carbocycles. The maximum atomic E-state index is 6.30. The van der Waals surface area contributed by atoms with Crippen LogP contribution in [0.25, 0.3) is 0 Å². The molecule has 18 heavy (non-hydrogen) atoms. The van der Waals surface area contributed by atoms with Crippen LogP contribution in [0.1, 0.15) is 56.3 Å². The van der Waals surface area contributed by atoms with Crippen molar-refractivity contribution < 1.29 is 0 Å². The monoisotopic (exact) mass is 244 g/mol. The Kier molecular flexibility index (Phi) is 3.16. The fourth-order valence-electron chi connectivity index (χ4n) is 3.88. The fourth-order valence-corrected chi connectivity index (χ4v) is 3.88. The van der Waals surface area contributed by atoms with Crippen molar-refractivity contribution in [3.8, 4) is 0 Å². The first-order valence-corrected chi connectivity index (χ1v) is 7.28. The Hall–Kier alpha value is -0.860. The lowest BCUT2D eigenvalue weighted by Gasteiger charge is -2.33. The molecule has 1 aromatic carbocycles. The van der Waals surface area contributed by atoms with Gasteiger partial charge in [0.25, 0.3) is 0 Å². The molecule has 1 aliphatic heterocycles. The van der Waals surface area contributed by atoms with Crippen molar-refractivity contribution in [2.75, 3.05) is 6.54 Å². The standard InChI is InChI=1S/C16H24N2/c1-11(2)15-8-5-9-18(15)16-10-14(17)12-6-3-4-7-13(12)16/h3-4,6-7,11,14-16H,5,8-10,17H2,1-2H3. The molecule has 98 valence electrons. The first kappa shape index (κ1) is 12.2. The molecular formula is C16H24N2. The fraction of sp³-hybridized carbons (Fsp3) is 0.625. The van der Waals surface area contributed by atoms with E-state index in [2.05, 4.69) is 43.0 Å². The number of nitrogens with zero attached hydrogens (tertiary/aromatic N) is 1. The van der Waals surface area contributed by atoms with Gasteiger partial charge < -0.3 is 5.73 Å². The molecule has 3 atom stereocenters. The molecule has 2 heteroatoms. The molecule has 1 heterocycles.